The maximum absolute atomic E-state index is 12.7. The fourth-order valence-corrected chi connectivity index (χ4v) is 4.22. The highest BCUT2D eigenvalue weighted by molar-refractivity contribution is 5.78. The predicted molar refractivity (Wildman–Crippen MR) is 96.1 cm³/mol. The minimum atomic E-state index is 0.0836. The molecule has 1 atom stereocenters. The topological polar surface area (TPSA) is 84.2 Å². The lowest BCUT2D eigenvalue weighted by atomic mass is 9.73. The quantitative estimate of drug-likeness (QED) is 0.764. The van der Waals surface area contributed by atoms with Gasteiger partial charge < -0.3 is 9.80 Å². The molecule has 0 saturated carbocycles. The molecule has 2 fully saturated rings. The molecule has 2 aliphatic rings. The molecule has 0 aromatic carbocycles. The van der Waals surface area contributed by atoms with Gasteiger partial charge in [0.2, 0.25) is 11.8 Å². The van der Waals surface area contributed by atoms with Gasteiger partial charge in [-0.25, -0.2) is 4.68 Å². The maximum Gasteiger partial charge on any atom is 0.224 e. The van der Waals surface area contributed by atoms with E-state index < -0.39 is 0 Å². The van der Waals surface area contributed by atoms with Crippen molar-refractivity contribution in [3.05, 3.63) is 5.82 Å². The van der Waals surface area contributed by atoms with E-state index in [0.717, 1.165) is 64.1 Å². The van der Waals surface area contributed by atoms with E-state index in [0.29, 0.717) is 19.4 Å². The molecule has 8 nitrogen and oxygen atoms in total. The Balaban J connectivity index is 1.58. The van der Waals surface area contributed by atoms with Crippen LogP contribution >= 0.6 is 0 Å². The van der Waals surface area contributed by atoms with Crippen molar-refractivity contribution in [3.8, 4) is 0 Å². The van der Waals surface area contributed by atoms with Gasteiger partial charge in [-0.1, -0.05) is 13.3 Å². The fourth-order valence-electron chi connectivity index (χ4n) is 4.22. The fraction of sp³-hybridized carbons (Fsp3) is 0.833. The van der Waals surface area contributed by atoms with Crippen LogP contribution in [0, 0.1) is 12.3 Å². The van der Waals surface area contributed by atoms with Crippen LogP contribution in [0.15, 0.2) is 0 Å². The van der Waals surface area contributed by atoms with Gasteiger partial charge in [0.05, 0.1) is 6.54 Å². The molecule has 26 heavy (non-hydrogen) atoms. The lowest BCUT2D eigenvalue weighted by Gasteiger charge is -2.48. The Hall–Kier alpha value is -1.99. The Morgan fingerprint density at radius 1 is 1.23 bits per heavy atom. The summed E-state index contributed by atoms with van der Waals surface area (Å²) in [5.74, 6) is 1.17. The number of aromatic nitrogens is 4. The van der Waals surface area contributed by atoms with Gasteiger partial charge in [-0.15, -0.1) is 5.10 Å². The smallest absolute Gasteiger partial charge is 0.224 e. The van der Waals surface area contributed by atoms with Gasteiger partial charge in [0, 0.05) is 44.4 Å². The molecule has 2 aliphatic heterocycles. The van der Waals surface area contributed by atoms with Crippen molar-refractivity contribution in [1.82, 2.24) is 30.0 Å². The van der Waals surface area contributed by atoms with Gasteiger partial charge in [-0.2, -0.15) is 0 Å². The minimum Gasteiger partial charge on any atom is -0.342 e. The Bertz CT molecular complexity index is 645. The normalized spacial score (nSPS) is 23.7. The second kappa shape index (κ2) is 8.14. The molecular weight excluding hydrogens is 332 g/mol. The Morgan fingerprint density at radius 2 is 2.08 bits per heavy atom. The lowest BCUT2D eigenvalue weighted by Crippen LogP contribution is -2.55. The van der Waals surface area contributed by atoms with E-state index in [4.69, 9.17) is 0 Å². The largest absolute Gasteiger partial charge is 0.342 e. The lowest BCUT2D eigenvalue weighted by molar-refractivity contribution is -0.143. The van der Waals surface area contributed by atoms with Crippen LogP contribution in [-0.2, 0) is 16.1 Å². The molecule has 0 aliphatic carbocycles. The molecule has 1 aromatic heterocycles. The summed E-state index contributed by atoms with van der Waals surface area (Å²) < 4.78 is 1.67. The number of amides is 2. The summed E-state index contributed by atoms with van der Waals surface area (Å²) in [6.45, 7) is 7.75. The first-order valence-electron chi connectivity index (χ1n) is 9.81. The summed E-state index contributed by atoms with van der Waals surface area (Å²) in [7, 11) is 0. The van der Waals surface area contributed by atoms with Crippen LogP contribution in [0.5, 0.6) is 0 Å². The van der Waals surface area contributed by atoms with Crippen LogP contribution in [0.2, 0.25) is 0 Å². The first-order chi connectivity index (χ1) is 12.5. The molecule has 3 heterocycles. The van der Waals surface area contributed by atoms with Crippen LogP contribution in [0.25, 0.3) is 0 Å². The number of unbranched alkanes of at least 4 members (excludes halogenated alkanes) is 1. The second-order valence-electron chi connectivity index (χ2n) is 7.79. The summed E-state index contributed by atoms with van der Waals surface area (Å²) in [4.78, 5) is 29.0. The van der Waals surface area contributed by atoms with Crippen molar-refractivity contribution in [2.24, 2.45) is 5.41 Å². The number of aryl methyl sites for hydroxylation is 2. The van der Waals surface area contributed by atoms with Crippen molar-refractivity contribution in [3.63, 3.8) is 0 Å². The van der Waals surface area contributed by atoms with Crippen molar-refractivity contribution in [1.29, 1.82) is 0 Å². The van der Waals surface area contributed by atoms with Gasteiger partial charge >= 0.3 is 0 Å². The molecule has 2 saturated heterocycles. The van der Waals surface area contributed by atoms with Crippen LogP contribution in [-0.4, -0.2) is 68.0 Å². The molecule has 2 amide bonds. The third kappa shape index (κ3) is 4.22. The number of carbonyl (C=O) groups is 2. The molecule has 144 valence electrons. The van der Waals surface area contributed by atoms with Crippen molar-refractivity contribution < 1.29 is 9.59 Å². The highest BCUT2D eigenvalue weighted by atomic mass is 16.2. The van der Waals surface area contributed by atoms with Gasteiger partial charge in [-0.3, -0.25) is 9.59 Å². The van der Waals surface area contributed by atoms with Crippen molar-refractivity contribution >= 4 is 11.8 Å². The summed E-state index contributed by atoms with van der Waals surface area (Å²) in [5, 5.41) is 11.4. The molecule has 3 rings (SSSR count). The molecule has 1 aromatic rings. The molecule has 0 radical (unpaired) electrons. The minimum absolute atomic E-state index is 0.0836. The van der Waals surface area contributed by atoms with E-state index in [1.165, 1.54) is 0 Å². The van der Waals surface area contributed by atoms with Gasteiger partial charge in [0.1, 0.15) is 5.82 Å². The summed E-state index contributed by atoms with van der Waals surface area (Å²) >= 11 is 0. The number of likely N-dealkylation sites (tertiary alicyclic amines) is 2. The highest BCUT2D eigenvalue weighted by Gasteiger charge is 2.42. The molecule has 0 unspecified atom stereocenters. The van der Waals surface area contributed by atoms with E-state index in [1.807, 2.05) is 16.7 Å². The molecule has 0 bridgehead atoms. The number of nitrogens with zero attached hydrogens (tertiary/aromatic N) is 6. The number of rotatable bonds is 6. The van der Waals surface area contributed by atoms with Gasteiger partial charge in [-0.05, 0) is 43.0 Å². The van der Waals surface area contributed by atoms with Crippen LogP contribution in [0.3, 0.4) is 0 Å². The predicted octanol–water partition coefficient (Wildman–Crippen LogP) is 1.40. The average molecular weight is 362 g/mol. The van der Waals surface area contributed by atoms with Crippen LogP contribution < -0.4 is 0 Å². The molecule has 1 spiro atoms. The zero-order valence-corrected chi connectivity index (χ0v) is 16.0. The van der Waals surface area contributed by atoms with E-state index >= 15 is 0 Å². The van der Waals surface area contributed by atoms with Gasteiger partial charge in [0.25, 0.3) is 0 Å². The number of carbonyl (C=O) groups excluding carboxylic acids is 2. The number of tetrazole rings is 1. The molecular formula is C18H30N6O2. The summed E-state index contributed by atoms with van der Waals surface area (Å²) in [6, 6.07) is 0. The zero-order chi connectivity index (χ0) is 18.6. The monoisotopic (exact) mass is 362 g/mol. The second-order valence-corrected chi connectivity index (χ2v) is 7.79. The van der Waals surface area contributed by atoms with Crippen molar-refractivity contribution in [2.75, 3.05) is 26.2 Å². The summed E-state index contributed by atoms with van der Waals surface area (Å²) in [6.07, 6.45) is 6.22. The number of hydrogen-bond acceptors (Lipinski definition) is 5. The highest BCUT2D eigenvalue weighted by Crippen LogP contribution is 2.39. The average Bonchev–Trinajstić information content (AvgIpc) is 3.06. The first kappa shape index (κ1) is 18.8. The number of piperidine rings is 2. The SMILES string of the molecule is CCCCN1C[C@@]2(CCCN(C(=O)CCn3nnnc3C)C2)CCC1=O. The molecule has 0 N–H and O–H groups in total. The van der Waals surface area contributed by atoms with E-state index in [9.17, 15) is 9.59 Å². The van der Waals surface area contributed by atoms with Crippen molar-refractivity contribution in [2.45, 2.75) is 65.3 Å². The Kier molecular flexibility index (Phi) is 5.88. The third-order valence-corrected chi connectivity index (χ3v) is 5.79. The van der Waals surface area contributed by atoms with Gasteiger partial charge in [0.15, 0.2) is 0 Å². The Labute approximate surface area is 154 Å². The standard InChI is InChI=1S/C18H30N6O2/c1-3-4-10-22-13-18(9-6-16(22)25)8-5-11-23(14-18)17(26)7-12-24-15(2)19-20-21-24/h3-14H2,1-2H3/t18-/m1/s1. The van der Waals surface area contributed by atoms with Crippen LogP contribution in [0.1, 0.15) is 57.7 Å². The zero-order valence-electron chi connectivity index (χ0n) is 16.0. The third-order valence-electron chi connectivity index (χ3n) is 5.79. The molecule has 8 heteroatoms. The van der Waals surface area contributed by atoms with E-state index in [-0.39, 0.29) is 17.2 Å². The van der Waals surface area contributed by atoms with Crippen LogP contribution in [0.4, 0.5) is 0 Å². The van der Waals surface area contributed by atoms with E-state index in [1.54, 1.807) is 4.68 Å². The summed E-state index contributed by atoms with van der Waals surface area (Å²) in [5.41, 5.74) is 0.0836. The Morgan fingerprint density at radius 3 is 2.81 bits per heavy atom. The maximum atomic E-state index is 12.7. The first-order valence-corrected chi connectivity index (χ1v) is 9.81. The van der Waals surface area contributed by atoms with E-state index in [2.05, 4.69) is 22.4 Å². The number of hydrogen-bond donors (Lipinski definition) is 0.